The lowest BCUT2D eigenvalue weighted by Crippen LogP contribution is -2.38. The molecule has 0 aliphatic carbocycles. The fraction of sp³-hybridized carbons (Fsp3) is 0.235. The molecule has 49 heavy (non-hydrogen) atoms. The van der Waals surface area contributed by atoms with E-state index >= 15 is 8.78 Å². The molecule has 0 bridgehead atoms. The second kappa shape index (κ2) is 15.4. The van der Waals surface area contributed by atoms with Gasteiger partial charge in [0.05, 0.1) is 0 Å². The number of carbonyl (C=O) groups is 2. The van der Waals surface area contributed by atoms with Gasteiger partial charge in [-0.2, -0.15) is 26.9 Å². The van der Waals surface area contributed by atoms with Crippen molar-refractivity contribution in [2.75, 3.05) is 4.90 Å². The highest BCUT2D eigenvalue weighted by Gasteiger charge is 2.38. The zero-order valence-corrected chi connectivity index (χ0v) is 26.9. The SMILES string of the molecule is Cc1ccccc1-c1ccc(Oc2nc(Oc3cccc(C(=N)N)c3)c(F)c(N(C(C)C)C(C)C)c2F)c(C(=O)O)c1.O=C(O)C(F)(F)F. The van der Waals surface area contributed by atoms with E-state index in [9.17, 15) is 23.1 Å². The van der Waals surface area contributed by atoms with Gasteiger partial charge in [-0.05, 0) is 75.6 Å². The maximum Gasteiger partial charge on any atom is 0.490 e. The van der Waals surface area contributed by atoms with Crippen molar-refractivity contribution in [2.24, 2.45) is 5.73 Å². The third-order valence-electron chi connectivity index (χ3n) is 6.84. The Morgan fingerprint density at radius 1 is 0.878 bits per heavy atom. The van der Waals surface area contributed by atoms with Gasteiger partial charge in [-0.25, -0.2) is 9.59 Å². The summed E-state index contributed by atoms with van der Waals surface area (Å²) in [6, 6.07) is 17.4. The monoisotopic (exact) mass is 688 g/mol. The maximum atomic E-state index is 16.1. The van der Waals surface area contributed by atoms with Crippen LogP contribution in [0.3, 0.4) is 0 Å². The van der Waals surface area contributed by atoms with Crippen molar-refractivity contribution in [3.8, 4) is 34.4 Å². The molecule has 0 amide bonds. The number of hydrogen-bond donors (Lipinski definition) is 4. The topological polar surface area (TPSA) is 159 Å². The number of aryl methyl sites for hydroxylation is 1. The fourth-order valence-electron chi connectivity index (χ4n) is 4.76. The van der Waals surface area contributed by atoms with Gasteiger partial charge < -0.3 is 30.3 Å². The normalized spacial score (nSPS) is 11.1. The number of amidine groups is 1. The van der Waals surface area contributed by atoms with E-state index < -0.39 is 47.2 Å². The molecule has 5 N–H and O–H groups in total. The molecule has 15 heteroatoms. The molecule has 4 rings (SSSR count). The Labute approximate surface area is 278 Å². The molecule has 4 aromatic rings. The smallest absolute Gasteiger partial charge is 0.478 e. The number of nitrogens with two attached hydrogens (primary N) is 1. The predicted octanol–water partition coefficient (Wildman–Crippen LogP) is 8.16. The van der Waals surface area contributed by atoms with E-state index in [2.05, 4.69) is 4.98 Å². The quantitative estimate of drug-likeness (QED) is 0.0733. The number of pyridine rings is 1. The summed E-state index contributed by atoms with van der Waals surface area (Å²) in [4.78, 5) is 26.7. The summed E-state index contributed by atoms with van der Waals surface area (Å²) in [6.07, 6.45) is -5.08. The third kappa shape index (κ3) is 9.21. The van der Waals surface area contributed by atoms with E-state index in [0.29, 0.717) is 11.1 Å². The first-order valence-corrected chi connectivity index (χ1v) is 14.5. The van der Waals surface area contributed by atoms with Gasteiger partial charge >= 0.3 is 18.1 Å². The number of carboxylic acids is 2. The summed E-state index contributed by atoms with van der Waals surface area (Å²) in [6.45, 7) is 9.03. The summed E-state index contributed by atoms with van der Waals surface area (Å²) in [5.41, 5.74) is 7.64. The lowest BCUT2D eigenvalue weighted by atomic mass is 9.98. The molecule has 0 aliphatic heterocycles. The number of aromatic carboxylic acids is 1. The molecule has 0 aliphatic rings. The zero-order valence-electron chi connectivity index (χ0n) is 26.9. The number of nitrogens with zero attached hydrogens (tertiary/aromatic N) is 2. The van der Waals surface area contributed by atoms with Crippen LogP contribution < -0.4 is 20.1 Å². The molecule has 0 atom stereocenters. The number of rotatable bonds is 10. The van der Waals surface area contributed by atoms with Crippen LogP contribution in [-0.2, 0) is 4.79 Å². The fourth-order valence-corrected chi connectivity index (χ4v) is 4.76. The summed E-state index contributed by atoms with van der Waals surface area (Å²) in [7, 11) is 0. The number of alkyl halides is 3. The van der Waals surface area contributed by atoms with Crippen LogP contribution in [0.4, 0.5) is 27.6 Å². The molecule has 1 heterocycles. The number of nitrogen functional groups attached to an aromatic ring is 1. The number of halogens is 5. The minimum Gasteiger partial charge on any atom is -0.478 e. The Balaban J connectivity index is 0.000000838. The van der Waals surface area contributed by atoms with Crippen molar-refractivity contribution >= 4 is 23.5 Å². The molecule has 10 nitrogen and oxygen atoms in total. The lowest BCUT2D eigenvalue weighted by molar-refractivity contribution is -0.192. The van der Waals surface area contributed by atoms with Gasteiger partial charge in [0.2, 0.25) is 11.6 Å². The minimum atomic E-state index is -5.08. The first-order chi connectivity index (χ1) is 22.8. The van der Waals surface area contributed by atoms with Gasteiger partial charge in [-0.15, -0.1) is 0 Å². The summed E-state index contributed by atoms with van der Waals surface area (Å²) >= 11 is 0. The Morgan fingerprint density at radius 2 is 1.45 bits per heavy atom. The number of nitrogens with one attached hydrogen (secondary N) is 1. The van der Waals surface area contributed by atoms with Crippen LogP contribution in [0.5, 0.6) is 23.3 Å². The molecule has 0 saturated heterocycles. The van der Waals surface area contributed by atoms with E-state index in [1.54, 1.807) is 45.9 Å². The second-order valence-corrected chi connectivity index (χ2v) is 11.1. The van der Waals surface area contributed by atoms with Gasteiger partial charge in [0, 0.05) is 17.6 Å². The molecular formula is C34H33F5N4O6. The Morgan fingerprint density at radius 3 is 1.96 bits per heavy atom. The van der Waals surface area contributed by atoms with Crippen molar-refractivity contribution in [1.29, 1.82) is 5.41 Å². The zero-order chi connectivity index (χ0) is 36.8. The molecule has 0 spiro atoms. The highest BCUT2D eigenvalue weighted by molar-refractivity contribution is 5.95. The van der Waals surface area contributed by atoms with E-state index in [1.165, 1.54) is 29.2 Å². The first kappa shape index (κ1) is 37.7. The molecule has 0 radical (unpaired) electrons. The van der Waals surface area contributed by atoms with E-state index in [1.807, 2.05) is 31.2 Å². The maximum absolute atomic E-state index is 16.1. The van der Waals surface area contributed by atoms with E-state index in [0.717, 1.165) is 11.1 Å². The molecule has 0 unspecified atom stereocenters. The largest absolute Gasteiger partial charge is 0.490 e. The average Bonchev–Trinajstić information content (AvgIpc) is 3.01. The summed E-state index contributed by atoms with van der Waals surface area (Å²) in [5.74, 6) is -7.80. The third-order valence-corrected chi connectivity index (χ3v) is 6.84. The van der Waals surface area contributed by atoms with Crippen LogP contribution in [0.2, 0.25) is 0 Å². The summed E-state index contributed by atoms with van der Waals surface area (Å²) in [5, 5.41) is 24.8. The van der Waals surface area contributed by atoms with Crippen molar-refractivity contribution in [2.45, 2.75) is 52.9 Å². The van der Waals surface area contributed by atoms with Gasteiger partial charge in [-0.3, -0.25) is 5.41 Å². The van der Waals surface area contributed by atoms with Crippen molar-refractivity contribution in [1.82, 2.24) is 4.98 Å². The number of aromatic nitrogens is 1. The highest BCUT2D eigenvalue weighted by atomic mass is 19.4. The van der Waals surface area contributed by atoms with E-state index in [-0.39, 0.29) is 35.0 Å². The van der Waals surface area contributed by atoms with Gasteiger partial charge in [0.1, 0.15) is 28.6 Å². The number of aliphatic carboxylic acids is 1. The highest BCUT2D eigenvalue weighted by Crippen LogP contribution is 2.40. The average molecular weight is 689 g/mol. The van der Waals surface area contributed by atoms with Gasteiger partial charge in [0.25, 0.3) is 11.8 Å². The number of ether oxygens (including phenoxy) is 2. The first-order valence-electron chi connectivity index (χ1n) is 14.5. The molecule has 1 aromatic heterocycles. The number of hydrogen-bond acceptors (Lipinski definition) is 7. The van der Waals surface area contributed by atoms with Crippen LogP contribution in [0.25, 0.3) is 11.1 Å². The summed E-state index contributed by atoms with van der Waals surface area (Å²) < 4.78 is 75.3. The Bertz CT molecular complexity index is 1860. The molecule has 0 fully saturated rings. The number of carboxylic acid groups (broad SMARTS) is 2. The standard InChI is InChI=1S/C32H32F2N4O4.C2HF3O2/c1-17(2)38(18(3)4)28-26(33)30(41-22-11-8-10-21(15-22)29(35)36)37-31(27(28)34)42-25-14-13-20(16-24(25)32(39)40)23-12-7-6-9-19(23)5;3-2(4,5)1(6)7/h6-18H,1-5H3,(H3,35,36)(H,39,40);(H,6,7). The number of benzene rings is 3. The molecule has 0 saturated carbocycles. The molecule has 3 aromatic carbocycles. The van der Waals surface area contributed by atoms with Crippen LogP contribution >= 0.6 is 0 Å². The predicted molar refractivity (Wildman–Crippen MR) is 172 cm³/mol. The lowest BCUT2D eigenvalue weighted by Gasteiger charge is -2.33. The Hall–Kier alpha value is -5.73. The van der Waals surface area contributed by atoms with E-state index in [4.69, 9.17) is 30.5 Å². The van der Waals surface area contributed by atoms with Crippen molar-refractivity contribution in [3.05, 3.63) is 95.1 Å². The number of anilines is 1. The Kier molecular flexibility index (Phi) is 11.9. The van der Waals surface area contributed by atoms with Gasteiger partial charge in [0.15, 0.2) is 0 Å². The minimum absolute atomic E-state index is 0.104. The molecular weight excluding hydrogens is 655 g/mol. The van der Waals surface area contributed by atoms with Crippen LogP contribution in [0.1, 0.15) is 49.2 Å². The van der Waals surface area contributed by atoms with Crippen molar-refractivity contribution < 1.29 is 51.2 Å². The van der Waals surface area contributed by atoms with Crippen LogP contribution in [-0.4, -0.2) is 51.2 Å². The van der Waals surface area contributed by atoms with Crippen LogP contribution in [0, 0.1) is 24.0 Å². The van der Waals surface area contributed by atoms with Crippen LogP contribution in [0.15, 0.2) is 66.7 Å². The van der Waals surface area contributed by atoms with Gasteiger partial charge in [-0.1, -0.05) is 42.5 Å². The van der Waals surface area contributed by atoms with Crippen molar-refractivity contribution in [3.63, 3.8) is 0 Å². The second-order valence-electron chi connectivity index (χ2n) is 11.1. The molecule has 260 valence electrons.